The quantitative estimate of drug-likeness (QED) is 0.201. The largest absolute Gasteiger partial charge is 0.586 e. The molecule has 8 nitrogen and oxygen atoms in total. The number of aromatic nitrogens is 3. The van der Waals surface area contributed by atoms with Crippen LogP contribution in [0.15, 0.2) is 82.2 Å². The molecule has 0 bridgehead atoms. The lowest BCUT2D eigenvalue weighted by molar-refractivity contribution is -0.286. The molecule has 0 saturated carbocycles. The van der Waals surface area contributed by atoms with Crippen LogP contribution in [0.25, 0.3) is 39.4 Å². The van der Waals surface area contributed by atoms with Gasteiger partial charge in [0.05, 0.1) is 10.6 Å². The Kier molecular flexibility index (Phi) is 6.15. The summed E-state index contributed by atoms with van der Waals surface area (Å²) in [7, 11) is -3.54. The van der Waals surface area contributed by atoms with E-state index < -0.39 is 28.0 Å². The second kappa shape index (κ2) is 9.41. The standard InChI is InChI=1S/C28H18F5N3O5S/c1-15-34-25(18-7-9-22-23(14-18)41-28(32,33)40-22)26(39-15)20-13-17(16-4-3-5-19(12-16)42(2,37)38)6-8-21(20)36-11-10-24(35-36)27(29,30)31/h3-14H,1-2H3. The van der Waals surface area contributed by atoms with Gasteiger partial charge in [-0.1, -0.05) is 18.2 Å². The molecule has 0 atom stereocenters. The van der Waals surface area contributed by atoms with Gasteiger partial charge in [-0.15, -0.1) is 8.78 Å². The van der Waals surface area contributed by atoms with Crippen molar-refractivity contribution in [2.75, 3.05) is 6.26 Å². The number of fused-ring (bicyclic) bond motifs is 1. The Labute approximate surface area is 234 Å². The molecule has 1 aliphatic heterocycles. The molecule has 0 amide bonds. The molecule has 5 aromatic rings. The minimum Gasteiger partial charge on any atom is -0.440 e. The van der Waals surface area contributed by atoms with Gasteiger partial charge in [-0.25, -0.2) is 18.1 Å². The van der Waals surface area contributed by atoms with Gasteiger partial charge in [-0.2, -0.15) is 18.3 Å². The van der Waals surface area contributed by atoms with E-state index in [1.807, 2.05) is 0 Å². The minimum atomic E-state index is -4.69. The maximum absolute atomic E-state index is 13.6. The van der Waals surface area contributed by atoms with Crippen molar-refractivity contribution >= 4 is 9.84 Å². The predicted octanol–water partition coefficient (Wildman–Crippen LogP) is 6.91. The van der Waals surface area contributed by atoms with Crippen LogP contribution in [0, 0.1) is 6.92 Å². The van der Waals surface area contributed by atoms with E-state index >= 15 is 0 Å². The first-order valence-corrected chi connectivity index (χ1v) is 14.0. The smallest absolute Gasteiger partial charge is 0.440 e. The number of alkyl halides is 5. The molecule has 1 aliphatic rings. The van der Waals surface area contributed by atoms with Gasteiger partial charge >= 0.3 is 12.5 Å². The lowest BCUT2D eigenvalue weighted by Gasteiger charge is -2.13. The topological polar surface area (TPSA) is 96.5 Å². The SMILES string of the molecule is Cc1nc(-c2ccc3c(c2)OC(F)(F)O3)c(-c2cc(-c3cccc(S(C)(=O)=O)c3)ccc2-n2ccc(C(F)(F)F)n2)o1. The molecule has 14 heteroatoms. The number of hydrogen-bond acceptors (Lipinski definition) is 7. The highest BCUT2D eigenvalue weighted by Gasteiger charge is 2.43. The summed E-state index contributed by atoms with van der Waals surface area (Å²) in [6.45, 7) is 1.54. The van der Waals surface area contributed by atoms with Crippen molar-refractivity contribution in [3.63, 3.8) is 0 Å². The van der Waals surface area contributed by atoms with E-state index in [2.05, 4.69) is 19.6 Å². The summed E-state index contributed by atoms with van der Waals surface area (Å²) in [6, 6.07) is 15.7. The lowest BCUT2D eigenvalue weighted by Crippen LogP contribution is -2.25. The molecule has 0 N–H and O–H groups in total. The van der Waals surface area contributed by atoms with Crippen LogP contribution in [-0.4, -0.2) is 35.7 Å². The van der Waals surface area contributed by atoms with Crippen LogP contribution in [0.2, 0.25) is 0 Å². The lowest BCUT2D eigenvalue weighted by atomic mass is 9.98. The number of sulfone groups is 1. The van der Waals surface area contributed by atoms with Crippen molar-refractivity contribution in [3.8, 4) is 50.9 Å². The number of hydrogen-bond donors (Lipinski definition) is 0. The van der Waals surface area contributed by atoms with Crippen LogP contribution in [0.4, 0.5) is 22.0 Å². The Balaban J connectivity index is 1.55. The highest BCUT2D eigenvalue weighted by Crippen LogP contribution is 2.45. The predicted molar refractivity (Wildman–Crippen MR) is 139 cm³/mol. The number of ether oxygens (including phenoxy) is 2. The third kappa shape index (κ3) is 5.09. The van der Waals surface area contributed by atoms with E-state index in [1.165, 1.54) is 36.4 Å². The van der Waals surface area contributed by atoms with E-state index in [0.717, 1.165) is 23.2 Å². The third-order valence-electron chi connectivity index (χ3n) is 6.37. The molecule has 0 unspecified atom stereocenters. The van der Waals surface area contributed by atoms with Crippen LogP contribution >= 0.6 is 0 Å². The zero-order valence-electron chi connectivity index (χ0n) is 21.6. The number of oxazole rings is 1. The molecule has 42 heavy (non-hydrogen) atoms. The average molecular weight is 604 g/mol. The zero-order chi connectivity index (χ0) is 30.0. The van der Waals surface area contributed by atoms with Crippen molar-refractivity contribution in [1.29, 1.82) is 0 Å². The third-order valence-corrected chi connectivity index (χ3v) is 7.48. The number of benzene rings is 3. The first-order chi connectivity index (χ1) is 19.7. The molecule has 2 aromatic heterocycles. The van der Waals surface area contributed by atoms with Crippen molar-refractivity contribution in [2.45, 2.75) is 24.3 Å². The molecule has 216 valence electrons. The molecule has 3 aromatic carbocycles. The van der Waals surface area contributed by atoms with Gasteiger partial charge in [-0.05, 0) is 59.7 Å². The van der Waals surface area contributed by atoms with E-state index in [-0.39, 0.29) is 45.0 Å². The fourth-order valence-electron chi connectivity index (χ4n) is 4.51. The van der Waals surface area contributed by atoms with E-state index in [1.54, 1.807) is 31.2 Å². The monoisotopic (exact) mass is 603 g/mol. The van der Waals surface area contributed by atoms with E-state index in [9.17, 15) is 30.4 Å². The average Bonchev–Trinajstić information content (AvgIpc) is 3.63. The maximum atomic E-state index is 13.6. The fraction of sp³-hybridized carbons (Fsp3) is 0.143. The molecular weight excluding hydrogens is 585 g/mol. The van der Waals surface area contributed by atoms with Crippen molar-refractivity contribution in [1.82, 2.24) is 14.8 Å². The number of aryl methyl sites for hydroxylation is 1. The number of rotatable bonds is 5. The van der Waals surface area contributed by atoms with Crippen LogP contribution in [0.1, 0.15) is 11.6 Å². The van der Waals surface area contributed by atoms with Gasteiger partial charge in [0.25, 0.3) is 0 Å². The fourth-order valence-corrected chi connectivity index (χ4v) is 5.18. The summed E-state index contributed by atoms with van der Waals surface area (Å²) in [6.07, 6.45) is -6.33. The van der Waals surface area contributed by atoms with E-state index in [0.29, 0.717) is 16.7 Å². The Morgan fingerprint density at radius 2 is 1.60 bits per heavy atom. The zero-order valence-corrected chi connectivity index (χ0v) is 22.4. The van der Waals surface area contributed by atoms with Gasteiger partial charge in [0, 0.05) is 30.5 Å². The Hall–Kier alpha value is -4.72. The van der Waals surface area contributed by atoms with Crippen molar-refractivity contribution in [2.24, 2.45) is 0 Å². The molecule has 0 spiro atoms. The minimum absolute atomic E-state index is 0.0703. The van der Waals surface area contributed by atoms with Crippen LogP contribution in [-0.2, 0) is 16.0 Å². The molecule has 0 fully saturated rings. The summed E-state index contributed by atoms with van der Waals surface area (Å²) in [5.74, 6) is -0.152. The van der Waals surface area contributed by atoms with Crippen molar-refractivity contribution in [3.05, 3.63) is 84.5 Å². The van der Waals surface area contributed by atoms with Gasteiger partial charge in [0.2, 0.25) is 0 Å². The normalized spacial score (nSPS) is 14.4. The second-order valence-electron chi connectivity index (χ2n) is 9.41. The van der Waals surface area contributed by atoms with Crippen LogP contribution in [0.3, 0.4) is 0 Å². The maximum Gasteiger partial charge on any atom is 0.586 e. The number of nitrogens with zero attached hydrogens (tertiary/aromatic N) is 3. The highest BCUT2D eigenvalue weighted by molar-refractivity contribution is 7.90. The van der Waals surface area contributed by atoms with Crippen LogP contribution in [0.5, 0.6) is 11.5 Å². The van der Waals surface area contributed by atoms with Gasteiger partial charge in [0.15, 0.2) is 38.7 Å². The Bertz CT molecular complexity index is 1960. The summed E-state index contributed by atoms with van der Waals surface area (Å²) in [5.41, 5.74) is 0.794. The molecule has 0 saturated heterocycles. The molecule has 0 radical (unpaired) electrons. The van der Waals surface area contributed by atoms with Gasteiger partial charge in [-0.3, -0.25) is 0 Å². The first kappa shape index (κ1) is 27.4. The number of halogens is 5. The second-order valence-corrected chi connectivity index (χ2v) is 11.4. The Morgan fingerprint density at radius 1 is 0.881 bits per heavy atom. The van der Waals surface area contributed by atoms with Crippen LogP contribution < -0.4 is 9.47 Å². The summed E-state index contributed by atoms with van der Waals surface area (Å²) < 4.78 is 108. The van der Waals surface area contributed by atoms with Gasteiger partial charge < -0.3 is 13.9 Å². The highest BCUT2D eigenvalue weighted by atomic mass is 32.2. The molecular formula is C28H18F5N3O5S. The van der Waals surface area contributed by atoms with E-state index in [4.69, 9.17) is 4.42 Å². The summed E-state index contributed by atoms with van der Waals surface area (Å²) in [5, 5.41) is 3.69. The molecule has 6 rings (SSSR count). The molecule has 3 heterocycles. The van der Waals surface area contributed by atoms with Gasteiger partial charge in [0.1, 0.15) is 5.69 Å². The Morgan fingerprint density at radius 3 is 2.31 bits per heavy atom. The first-order valence-electron chi connectivity index (χ1n) is 12.1. The summed E-state index contributed by atoms with van der Waals surface area (Å²) >= 11 is 0. The summed E-state index contributed by atoms with van der Waals surface area (Å²) in [4.78, 5) is 4.48. The molecule has 0 aliphatic carbocycles. The van der Waals surface area contributed by atoms with Crippen molar-refractivity contribution < 1.29 is 44.3 Å².